The Morgan fingerprint density at radius 3 is 2.76 bits per heavy atom. The predicted octanol–water partition coefficient (Wildman–Crippen LogP) is 3.26. The van der Waals surface area contributed by atoms with Gasteiger partial charge in [0.25, 0.3) is 11.6 Å². The molecule has 0 aliphatic carbocycles. The molecular formula is C17H14N2O5S. The van der Waals surface area contributed by atoms with Gasteiger partial charge in [0.1, 0.15) is 17.4 Å². The largest absolute Gasteiger partial charge is 0.466 e. The molecule has 2 N–H and O–H groups in total. The molecule has 0 bridgehead atoms. The summed E-state index contributed by atoms with van der Waals surface area (Å²) in [7, 11) is 0. The van der Waals surface area contributed by atoms with Crippen LogP contribution in [0.15, 0.2) is 59.2 Å². The number of thiophene rings is 1. The Morgan fingerprint density at radius 2 is 2.04 bits per heavy atom. The molecule has 3 aromatic rings. The molecule has 1 aromatic carbocycles. The van der Waals surface area contributed by atoms with Gasteiger partial charge in [-0.1, -0.05) is 12.1 Å². The minimum absolute atomic E-state index is 0.0138. The summed E-state index contributed by atoms with van der Waals surface area (Å²) in [6.07, 6.45) is 0.625. The van der Waals surface area contributed by atoms with Crippen molar-refractivity contribution < 1.29 is 19.2 Å². The lowest BCUT2D eigenvalue weighted by Crippen LogP contribution is -2.23. The Kier molecular flexibility index (Phi) is 4.92. The normalized spacial score (nSPS) is 11.9. The average molecular weight is 358 g/mol. The fourth-order valence-electron chi connectivity index (χ4n) is 2.31. The molecule has 25 heavy (non-hydrogen) atoms. The number of hydrogen-bond acceptors (Lipinski definition) is 6. The van der Waals surface area contributed by atoms with Crippen LogP contribution < -0.4 is 5.32 Å². The van der Waals surface area contributed by atoms with Crippen LogP contribution in [0.1, 0.15) is 32.0 Å². The number of nitrogens with one attached hydrogen (secondary N) is 1. The first-order valence-electron chi connectivity index (χ1n) is 7.38. The van der Waals surface area contributed by atoms with E-state index in [1.54, 1.807) is 30.3 Å². The molecule has 0 spiro atoms. The van der Waals surface area contributed by atoms with E-state index in [4.69, 9.17) is 4.42 Å². The first kappa shape index (κ1) is 16.9. The van der Waals surface area contributed by atoms with E-state index >= 15 is 0 Å². The number of benzene rings is 1. The van der Waals surface area contributed by atoms with Crippen molar-refractivity contribution in [2.45, 2.75) is 12.6 Å². The summed E-state index contributed by atoms with van der Waals surface area (Å²) in [6.45, 7) is 0.209. The third-order valence-electron chi connectivity index (χ3n) is 3.53. The molecule has 0 aliphatic rings. The maximum atomic E-state index is 12.2. The zero-order chi connectivity index (χ0) is 17.8. The van der Waals surface area contributed by atoms with Crippen molar-refractivity contribution in [1.29, 1.82) is 0 Å². The average Bonchev–Trinajstić information content (AvgIpc) is 3.31. The highest BCUT2D eigenvalue weighted by atomic mass is 32.1. The second-order valence-corrected chi connectivity index (χ2v) is 6.38. The van der Waals surface area contributed by atoms with E-state index in [1.165, 1.54) is 35.8 Å². The third-order valence-corrected chi connectivity index (χ3v) is 4.67. The lowest BCUT2D eigenvalue weighted by molar-refractivity contribution is -0.385. The number of hydrogen-bond donors (Lipinski definition) is 2. The van der Waals surface area contributed by atoms with E-state index in [1.807, 2.05) is 0 Å². The minimum Gasteiger partial charge on any atom is -0.466 e. The quantitative estimate of drug-likeness (QED) is 0.520. The number of nitro benzene ring substituents is 1. The van der Waals surface area contributed by atoms with Gasteiger partial charge >= 0.3 is 0 Å². The van der Waals surface area contributed by atoms with Crippen molar-refractivity contribution >= 4 is 22.9 Å². The number of nitrogens with zero attached hydrogens (tertiary/aromatic N) is 1. The molecule has 0 saturated heterocycles. The predicted molar refractivity (Wildman–Crippen MR) is 91.4 cm³/mol. The molecule has 0 radical (unpaired) electrons. The summed E-state index contributed by atoms with van der Waals surface area (Å²) in [5.74, 6) is -0.0776. The number of amides is 1. The van der Waals surface area contributed by atoms with E-state index in [0.717, 1.165) is 4.88 Å². The van der Waals surface area contributed by atoms with Crippen LogP contribution in [-0.4, -0.2) is 15.9 Å². The van der Waals surface area contributed by atoms with Crippen LogP contribution in [0.2, 0.25) is 0 Å². The van der Waals surface area contributed by atoms with Gasteiger partial charge in [0.2, 0.25) is 0 Å². The number of carbonyl (C=O) groups excluding carboxylic acids is 1. The van der Waals surface area contributed by atoms with Gasteiger partial charge in [-0.2, -0.15) is 0 Å². The van der Waals surface area contributed by atoms with Gasteiger partial charge in [-0.05, 0) is 30.3 Å². The number of aliphatic hydroxyl groups is 1. The van der Waals surface area contributed by atoms with Gasteiger partial charge in [-0.3, -0.25) is 14.9 Å². The van der Waals surface area contributed by atoms with Crippen LogP contribution in [-0.2, 0) is 6.54 Å². The molecule has 1 unspecified atom stereocenters. The zero-order valence-electron chi connectivity index (χ0n) is 12.9. The SMILES string of the molecule is O=C(NCc1ccc(C(O)c2ccco2)s1)c1ccccc1[N+](=O)[O-]. The molecule has 1 amide bonds. The van der Waals surface area contributed by atoms with Crippen LogP contribution in [0.4, 0.5) is 5.69 Å². The van der Waals surface area contributed by atoms with Gasteiger partial charge in [0, 0.05) is 15.8 Å². The lowest BCUT2D eigenvalue weighted by Gasteiger charge is -2.05. The van der Waals surface area contributed by atoms with Crippen LogP contribution >= 0.6 is 11.3 Å². The van der Waals surface area contributed by atoms with Crippen molar-refractivity contribution in [1.82, 2.24) is 5.32 Å². The van der Waals surface area contributed by atoms with Crippen molar-refractivity contribution in [3.8, 4) is 0 Å². The van der Waals surface area contributed by atoms with E-state index in [2.05, 4.69) is 5.32 Å². The first-order valence-corrected chi connectivity index (χ1v) is 8.19. The molecule has 1 atom stereocenters. The standard InChI is InChI=1S/C17H14N2O5S/c20-16(14-6-3-9-24-14)15-8-7-11(25-15)10-18-17(21)12-4-1-2-5-13(12)19(22)23/h1-9,16,20H,10H2,(H,18,21). The van der Waals surface area contributed by atoms with Crippen LogP contribution in [0.3, 0.4) is 0 Å². The van der Waals surface area contributed by atoms with Crippen molar-refractivity contribution in [3.63, 3.8) is 0 Å². The fraction of sp³-hybridized carbons (Fsp3) is 0.118. The van der Waals surface area contributed by atoms with E-state index in [9.17, 15) is 20.0 Å². The summed E-state index contributed by atoms with van der Waals surface area (Å²) < 4.78 is 5.17. The summed E-state index contributed by atoms with van der Waals surface area (Å²) in [6, 6.07) is 12.7. The van der Waals surface area contributed by atoms with Crippen LogP contribution in [0.25, 0.3) is 0 Å². The Hall–Kier alpha value is -2.97. The molecule has 2 heterocycles. The van der Waals surface area contributed by atoms with Crippen molar-refractivity contribution in [2.75, 3.05) is 0 Å². The Labute approximate surface area is 146 Å². The minimum atomic E-state index is -0.861. The van der Waals surface area contributed by atoms with Gasteiger partial charge < -0.3 is 14.8 Å². The number of rotatable bonds is 6. The molecule has 8 heteroatoms. The van der Waals surface area contributed by atoms with Gasteiger partial charge in [0.15, 0.2) is 0 Å². The zero-order valence-corrected chi connectivity index (χ0v) is 13.7. The number of nitro groups is 1. The third kappa shape index (κ3) is 3.76. The van der Waals surface area contributed by atoms with Crippen LogP contribution in [0.5, 0.6) is 0 Å². The number of furan rings is 1. The molecule has 2 aromatic heterocycles. The Bertz CT molecular complexity index is 888. The van der Waals surface area contributed by atoms with Crippen molar-refractivity contribution in [3.05, 3.63) is 86.0 Å². The first-order chi connectivity index (χ1) is 12.1. The molecule has 7 nitrogen and oxygen atoms in total. The lowest BCUT2D eigenvalue weighted by atomic mass is 10.1. The van der Waals surface area contributed by atoms with E-state index in [0.29, 0.717) is 10.6 Å². The second kappa shape index (κ2) is 7.29. The maximum Gasteiger partial charge on any atom is 0.282 e. The summed E-state index contributed by atoms with van der Waals surface area (Å²) in [5.41, 5.74) is -0.222. The highest BCUT2D eigenvalue weighted by molar-refractivity contribution is 7.12. The Balaban J connectivity index is 1.67. The van der Waals surface area contributed by atoms with Gasteiger partial charge in [-0.15, -0.1) is 11.3 Å². The number of aliphatic hydroxyl groups excluding tert-OH is 1. The summed E-state index contributed by atoms with van der Waals surface area (Å²) >= 11 is 1.33. The summed E-state index contributed by atoms with van der Waals surface area (Å²) in [4.78, 5) is 24.1. The topological polar surface area (TPSA) is 106 Å². The molecule has 0 saturated carbocycles. The number of para-hydroxylation sites is 1. The monoisotopic (exact) mass is 358 g/mol. The van der Waals surface area contributed by atoms with E-state index in [-0.39, 0.29) is 17.8 Å². The Morgan fingerprint density at radius 1 is 1.24 bits per heavy atom. The molecule has 3 rings (SSSR count). The van der Waals surface area contributed by atoms with Crippen molar-refractivity contribution in [2.24, 2.45) is 0 Å². The van der Waals surface area contributed by atoms with E-state index < -0.39 is 16.9 Å². The smallest absolute Gasteiger partial charge is 0.282 e. The van der Waals surface area contributed by atoms with Crippen LogP contribution in [0, 0.1) is 10.1 Å². The number of carbonyl (C=O) groups is 1. The molecule has 0 aliphatic heterocycles. The van der Waals surface area contributed by atoms with Gasteiger partial charge in [0.05, 0.1) is 17.7 Å². The molecule has 128 valence electrons. The van der Waals surface area contributed by atoms with Gasteiger partial charge in [-0.25, -0.2) is 0 Å². The highest BCUT2D eigenvalue weighted by Gasteiger charge is 2.19. The molecular weight excluding hydrogens is 344 g/mol. The highest BCUT2D eigenvalue weighted by Crippen LogP contribution is 2.28. The maximum absolute atomic E-state index is 12.2. The second-order valence-electron chi connectivity index (χ2n) is 5.18. The summed E-state index contributed by atoms with van der Waals surface area (Å²) in [5, 5.41) is 23.8. The molecule has 0 fully saturated rings. The fourth-order valence-corrected chi connectivity index (χ4v) is 3.26.